The van der Waals surface area contributed by atoms with Crippen molar-refractivity contribution in [2.24, 2.45) is 0 Å². The molecule has 6 nitrogen and oxygen atoms in total. The van der Waals surface area contributed by atoms with E-state index in [2.05, 4.69) is 32.2 Å². The zero-order valence-electron chi connectivity index (χ0n) is 14.0. The number of nitrogen functional groups attached to an aromatic ring is 1. The topological polar surface area (TPSA) is 77.2 Å². The third-order valence-corrected chi connectivity index (χ3v) is 5.90. The molecule has 4 rings (SSSR count). The Morgan fingerprint density at radius 2 is 2.17 bits per heavy atom. The fourth-order valence-corrected chi connectivity index (χ4v) is 4.38. The van der Waals surface area contributed by atoms with Crippen molar-refractivity contribution in [2.75, 3.05) is 32.0 Å². The molecule has 0 amide bonds. The minimum atomic E-state index is -0.266. The van der Waals surface area contributed by atoms with Crippen molar-refractivity contribution in [2.45, 2.75) is 38.2 Å². The van der Waals surface area contributed by atoms with E-state index >= 15 is 0 Å². The van der Waals surface area contributed by atoms with Crippen LogP contribution in [0.3, 0.4) is 0 Å². The molecule has 0 unspecified atom stereocenters. The summed E-state index contributed by atoms with van der Waals surface area (Å²) in [4.78, 5) is 15.7. The molecule has 128 valence electrons. The maximum absolute atomic E-state index is 6.22. The molecule has 1 saturated heterocycles. The summed E-state index contributed by atoms with van der Waals surface area (Å²) in [5.74, 6) is 0.347. The van der Waals surface area contributed by atoms with Crippen LogP contribution in [-0.4, -0.2) is 46.1 Å². The van der Waals surface area contributed by atoms with Crippen molar-refractivity contribution in [1.82, 2.24) is 19.9 Å². The molecule has 2 N–H and O–H groups in total. The van der Waals surface area contributed by atoms with Crippen LogP contribution in [0.25, 0.3) is 0 Å². The van der Waals surface area contributed by atoms with Crippen molar-refractivity contribution < 1.29 is 4.74 Å². The zero-order valence-corrected chi connectivity index (χ0v) is 14.8. The molecule has 2 aromatic heterocycles. The average Bonchev–Trinajstić information content (AvgIpc) is 3.01. The molecule has 0 aliphatic carbocycles. The molecule has 4 heterocycles. The molecule has 2 aromatic rings. The van der Waals surface area contributed by atoms with E-state index in [9.17, 15) is 0 Å². The zero-order chi connectivity index (χ0) is 16.6. The lowest BCUT2D eigenvalue weighted by atomic mass is 9.83. The van der Waals surface area contributed by atoms with E-state index in [1.54, 1.807) is 11.3 Å². The number of ether oxygens (including phenoxy) is 1. The summed E-state index contributed by atoms with van der Waals surface area (Å²) >= 11 is 1.73. The number of nitrogens with zero attached hydrogens (tertiary/aromatic N) is 4. The summed E-state index contributed by atoms with van der Waals surface area (Å²) in [6.07, 6.45) is 5.70. The highest BCUT2D eigenvalue weighted by atomic mass is 32.1. The first kappa shape index (κ1) is 15.9. The quantitative estimate of drug-likeness (QED) is 0.916. The Kier molecular flexibility index (Phi) is 4.24. The van der Waals surface area contributed by atoms with Crippen molar-refractivity contribution in [1.29, 1.82) is 0 Å². The fraction of sp³-hybridized carbons (Fsp3) is 0.588. The van der Waals surface area contributed by atoms with Crippen LogP contribution in [-0.2, 0) is 23.2 Å². The van der Waals surface area contributed by atoms with Gasteiger partial charge in [0.15, 0.2) is 0 Å². The van der Waals surface area contributed by atoms with Crippen molar-refractivity contribution >= 4 is 17.3 Å². The molecule has 7 heteroatoms. The SMILES string of the molecule is Cc1nc(CCN2CCC3(CC2)OCCc2cnc(N)nc23)cs1. The third kappa shape index (κ3) is 3.03. The van der Waals surface area contributed by atoms with Gasteiger partial charge in [-0.1, -0.05) is 0 Å². The van der Waals surface area contributed by atoms with Crippen molar-refractivity contribution in [3.8, 4) is 0 Å². The lowest BCUT2D eigenvalue weighted by Gasteiger charge is -2.44. The minimum absolute atomic E-state index is 0.266. The second-order valence-electron chi connectivity index (χ2n) is 6.64. The van der Waals surface area contributed by atoms with Gasteiger partial charge in [0, 0.05) is 37.6 Å². The van der Waals surface area contributed by atoms with Crippen LogP contribution in [0.1, 0.15) is 34.8 Å². The second-order valence-corrected chi connectivity index (χ2v) is 7.71. The van der Waals surface area contributed by atoms with Crippen LogP contribution >= 0.6 is 11.3 Å². The summed E-state index contributed by atoms with van der Waals surface area (Å²) in [5, 5.41) is 3.31. The van der Waals surface area contributed by atoms with Crippen LogP contribution in [0.5, 0.6) is 0 Å². The molecule has 1 spiro atoms. The first-order chi connectivity index (χ1) is 11.6. The van der Waals surface area contributed by atoms with Gasteiger partial charge in [0.25, 0.3) is 0 Å². The smallest absolute Gasteiger partial charge is 0.220 e. The van der Waals surface area contributed by atoms with Gasteiger partial charge in [-0.05, 0) is 31.7 Å². The standard InChI is InChI=1S/C17H23N5OS/c1-12-20-14(11-24-12)2-6-22-7-4-17(5-8-22)15-13(3-9-23-17)10-19-16(18)21-15/h10-11H,2-9H2,1H3,(H2,18,19,21). The second kappa shape index (κ2) is 6.38. The van der Waals surface area contributed by atoms with Gasteiger partial charge in [0.05, 0.1) is 23.0 Å². The Labute approximate surface area is 146 Å². The average molecular weight is 345 g/mol. The number of thiazole rings is 1. The number of rotatable bonds is 3. The van der Waals surface area contributed by atoms with Gasteiger partial charge in [-0.3, -0.25) is 0 Å². The maximum atomic E-state index is 6.22. The molecule has 2 aliphatic heterocycles. The lowest BCUT2D eigenvalue weighted by Crippen LogP contribution is -2.47. The van der Waals surface area contributed by atoms with Crippen LogP contribution in [0.4, 0.5) is 5.95 Å². The van der Waals surface area contributed by atoms with Crippen LogP contribution < -0.4 is 5.73 Å². The molecule has 0 bridgehead atoms. The number of aryl methyl sites for hydroxylation is 1. The van der Waals surface area contributed by atoms with Gasteiger partial charge < -0.3 is 15.4 Å². The number of fused-ring (bicyclic) bond motifs is 2. The van der Waals surface area contributed by atoms with E-state index in [0.29, 0.717) is 5.95 Å². The minimum Gasteiger partial charge on any atom is -0.368 e. The summed E-state index contributed by atoms with van der Waals surface area (Å²) in [6.45, 7) is 5.90. The van der Waals surface area contributed by atoms with Crippen molar-refractivity contribution in [3.63, 3.8) is 0 Å². The summed E-state index contributed by atoms with van der Waals surface area (Å²) in [7, 11) is 0. The molecular formula is C17H23N5OS. The summed E-state index contributed by atoms with van der Waals surface area (Å²) in [6, 6.07) is 0. The number of piperidine rings is 1. The van der Waals surface area contributed by atoms with E-state index in [0.717, 1.165) is 62.6 Å². The van der Waals surface area contributed by atoms with E-state index in [-0.39, 0.29) is 5.60 Å². The molecule has 0 aromatic carbocycles. The lowest BCUT2D eigenvalue weighted by molar-refractivity contribution is -0.101. The fourth-order valence-electron chi connectivity index (χ4n) is 3.74. The van der Waals surface area contributed by atoms with Gasteiger partial charge >= 0.3 is 0 Å². The highest BCUT2D eigenvalue weighted by Gasteiger charge is 2.42. The normalized spacial score (nSPS) is 20.2. The number of anilines is 1. The number of hydrogen-bond donors (Lipinski definition) is 1. The number of hydrogen-bond acceptors (Lipinski definition) is 7. The van der Waals surface area contributed by atoms with Crippen LogP contribution in [0.2, 0.25) is 0 Å². The largest absolute Gasteiger partial charge is 0.368 e. The Balaban J connectivity index is 1.42. The Morgan fingerprint density at radius 1 is 1.33 bits per heavy atom. The van der Waals surface area contributed by atoms with Gasteiger partial charge in [-0.2, -0.15) is 0 Å². The van der Waals surface area contributed by atoms with Crippen molar-refractivity contribution in [3.05, 3.63) is 33.5 Å². The predicted octanol–water partition coefficient (Wildman–Crippen LogP) is 1.93. The van der Waals surface area contributed by atoms with E-state index in [1.165, 1.54) is 11.3 Å². The van der Waals surface area contributed by atoms with Gasteiger partial charge in [0.1, 0.15) is 5.60 Å². The molecule has 0 atom stereocenters. The highest BCUT2D eigenvalue weighted by molar-refractivity contribution is 7.09. The Hall–Kier alpha value is -1.57. The molecule has 0 radical (unpaired) electrons. The molecular weight excluding hydrogens is 322 g/mol. The molecule has 1 fully saturated rings. The predicted molar refractivity (Wildman–Crippen MR) is 94.0 cm³/mol. The third-order valence-electron chi connectivity index (χ3n) is 5.08. The van der Waals surface area contributed by atoms with Crippen LogP contribution in [0, 0.1) is 6.92 Å². The highest BCUT2D eigenvalue weighted by Crippen LogP contribution is 2.40. The molecule has 24 heavy (non-hydrogen) atoms. The van der Waals surface area contributed by atoms with Gasteiger partial charge in [-0.25, -0.2) is 15.0 Å². The number of nitrogens with two attached hydrogens (primary N) is 1. The Morgan fingerprint density at radius 3 is 2.92 bits per heavy atom. The maximum Gasteiger partial charge on any atom is 0.220 e. The number of likely N-dealkylation sites (tertiary alicyclic amines) is 1. The van der Waals surface area contributed by atoms with Gasteiger partial charge in [-0.15, -0.1) is 11.3 Å². The van der Waals surface area contributed by atoms with Gasteiger partial charge in [0.2, 0.25) is 5.95 Å². The molecule has 2 aliphatic rings. The van der Waals surface area contributed by atoms with E-state index in [1.807, 2.05) is 6.20 Å². The van der Waals surface area contributed by atoms with Crippen LogP contribution in [0.15, 0.2) is 11.6 Å². The Bertz CT molecular complexity index is 724. The summed E-state index contributed by atoms with van der Waals surface area (Å²) in [5.41, 5.74) is 8.98. The first-order valence-corrected chi connectivity index (χ1v) is 9.42. The van der Waals surface area contributed by atoms with E-state index in [4.69, 9.17) is 10.5 Å². The first-order valence-electron chi connectivity index (χ1n) is 8.54. The summed E-state index contributed by atoms with van der Waals surface area (Å²) < 4.78 is 6.22. The molecule has 0 saturated carbocycles. The van der Waals surface area contributed by atoms with E-state index < -0.39 is 0 Å². The number of aromatic nitrogens is 3. The monoisotopic (exact) mass is 345 g/mol.